The van der Waals surface area contributed by atoms with E-state index in [1.807, 2.05) is 71.0 Å². The standard InChI is InChI=1S/C31H39N3O4S/c1-7-25(5)32-31(36)26(6)33(20-27-16-12-22(2)13-17-27)30(35)21-34(29-11-9-8-10-24(29)4)39(37,38)28-18-14-23(3)15-19-28/h8-19,25-26H,7,20-21H2,1-6H3,(H,32,36)/t25-,26+/m0/s1. The first kappa shape index (κ1) is 29.9. The predicted octanol–water partition coefficient (Wildman–Crippen LogP) is 5.14. The molecule has 1 N–H and O–H groups in total. The number of nitrogens with one attached hydrogen (secondary N) is 1. The van der Waals surface area contributed by atoms with E-state index in [0.29, 0.717) is 11.3 Å². The summed E-state index contributed by atoms with van der Waals surface area (Å²) < 4.78 is 29.0. The van der Waals surface area contributed by atoms with Crippen LogP contribution >= 0.6 is 0 Å². The summed E-state index contributed by atoms with van der Waals surface area (Å²) in [7, 11) is -4.08. The molecule has 0 aliphatic heterocycles. The molecule has 0 fully saturated rings. The molecular weight excluding hydrogens is 510 g/mol. The summed E-state index contributed by atoms with van der Waals surface area (Å²) in [6.07, 6.45) is 0.750. The summed E-state index contributed by atoms with van der Waals surface area (Å²) in [4.78, 5) is 28.7. The Morgan fingerprint density at radius 2 is 1.41 bits per heavy atom. The fourth-order valence-electron chi connectivity index (χ4n) is 4.13. The molecule has 0 bridgehead atoms. The van der Waals surface area contributed by atoms with Gasteiger partial charge in [0.1, 0.15) is 12.6 Å². The van der Waals surface area contributed by atoms with Crippen LogP contribution in [0, 0.1) is 20.8 Å². The largest absolute Gasteiger partial charge is 0.352 e. The van der Waals surface area contributed by atoms with E-state index in [1.54, 1.807) is 43.3 Å². The fraction of sp³-hybridized carbons (Fsp3) is 0.355. The van der Waals surface area contributed by atoms with Gasteiger partial charge < -0.3 is 10.2 Å². The lowest BCUT2D eigenvalue weighted by atomic mass is 10.1. The molecule has 0 saturated heterocycles. The second-order valence-corrected chi connectivity index (χ2v) is 12.0. The number of nitrogens with zero attached hydrogens (tertiary/aromatic N) is 2. The van der Waals surface area contributed by atoms with Crippen molar-refractivity contribution in [3.63, 3.8) is 0 Å². The Morgan fingerprint density at radius 1 is 0.846 bits per heavy atom. The average Bonchev–Trinajstić information content (AvgIpc) is 2.91. The molecule has 0 spiro atoms. The third-order valence-electron chi connectivity index (χ3n) is 6.91. The second-order valence-electron chi connectivity index (χ2n) is 10.1. The van der Waals surface area contributed by atoms with Gasteiger partial charge in [-0.25, -0.2) is 8.42 Å². The van der Waals surface area contributed by atoms with Gasteiger partial charge in [-0.1, -0.05) is 72.6 Å². The molecule has 0 heterocycles. The molecule has 3 rings (SSSR count). The topological polar surface area (TPSA) is 86.8 Å². The molecule has 2 amide bonds. The molecule has 208 valence electrons. The quantitative estimate of drug-likeness (QED) is 0.359. The van der Waals surface area contributed by atoms with Gasteiger partial charge in [-0.3, -0.25) is 13.9 Å². The molecule has 39 heavy (non-hydrogen) atoms. The van der Waals surface area contributed by atoms with Gasteiger partial charge in [-0.2, -0.15) is 0 Å². The van der Waals surface area contributed by atoms with Gasteiger partial charge in [0.2, 0.25) is 11.8 Å². The van der Waals surface area contributed by atoms with E-state index in [2.05, 4.69) is 5.32 Å². The van der Waals surface area contributed by atoms with Gasteiger partial charge in [0, 0.05) is 12.6 Å². The minimum absolute atomic E-state index is 0.0540. The number of hydrogen-bond donors (Lipinski definition) is 1. The second kappa shape index (κ2) is 12.9. The van der Waals surface area contributed by atoms with Gasteiger partial charge in [-0.05, 0) is 70.4 Å². The monoisotopic (exact) mass is 549 g/mol. The fourth-order valence-corrected chi connectivity index (χ4v) is 5.61. The van der Waals surface area contributed by atoms with Crippen molar-refractivity contribution in [2.45, 2.75) is 71.5 Å². The summed E-state index contributed by atoms with van der Waals surface area (Å²) in [6.45, 7) is 10.9. The highest BCUT2D eigenvalue weighted by atomic mass is 32.2. The minimum Gasteiger partial charge on any atom is -0.352 e. The zero-order chi connectivity index (χ0) is 28.7. The Balaban J connectivity index is 2.03. The summed E-state index contributed by atoms with van der Waals surface area (Å²) >= 11 is 0. The van der Waals surface area contributed by atoms with Crippen molar-refractivity contribution in [2.75, 3.05) is 10.8 Å². The minimum atomic E-state index is -4.08. The molecule has 0 unspecified atom stereocenters. The first-order chi connectivity index (χ1) is 18.4. The first-order valence-corrected chi connectivity index (χ1v) is 14.7. The van der Waals surface area contributed by atoms with Crippen LogP contribution in [0.15, 0.2) is 77.7 Å². The molecule has 3 aromatic carbocycles. The maximum Gasteiger partial charge on any atom is 0.264 e. The Hall–Kier alpha value is -3.65. The number of para-hydroxylation sites is 1. The molecule has 8 heteroatoms. The van der Waals surface area contributed by atoms with Crippen molar-refractivity contribution in [2.24, 2.45) is 0 Å². The maximum absolute atomic E-state index is 14.0. The van der Waals surface area contributed by atoms with Crippen molar-refractivity contribution in [3.8, 4) is 0 Å². The van der Waals surface area contributed by atoms with Crippen molar-refractivity contribution in [1.29, 1.82) is 0 Å². The Kier molecular flexibility index (Phi) is 9.92. The average molecular weight is 550 g/mol. The molecular formula is C31H39N3O4S. The Labute approximate surface area is 232 Å². The number of anilines is 1. The predicted molar refractivity (Wildman–Crippen MR) is 156 cm³/mol. The number of carbonyl (C=O) groups excluding carboxylic acids is 2. The van der Waals surface area contributed by atoms with E-state index in [0.717, 1.165) is 27.4 Å². The number of amides is 2. The number of benzene rings is 3. The van der Waals surface area contributed by atoms with E-state index in [4.69, 9.17) is 0 Å². The number of rotatable bonds is 11. The number of aryl methyl sites for hydroxylation is 3. The SMILES string of the molecule is CC[C@H](C)NC(=O)[C@@H](C)N(Cc1ccc(C)cc1)C(=O)CN(c1ccccc1C)S(=O)(=O)c1ccc(C)cc1. The van der Waals surface area contributed by atoms with Gasteiger partial charge in [0.05, 0.1) is 10.6 Å². The normalized spacial score (nSPS) is 12.9. The van der Waals surface area contributed by atoms with Crippen LogP contribution in [-0.4, -0.2) is 43.8 Å². The van der Waals surface area contributed by atoms with Crippen molar-refractivity contribution >= 4 is 27.5 Å². The van der Waals surface area contributed by atoms with E-state index >= 15 is 0 Å². The lowest BCUT2D eigenvalue weighted by molar-refractivity contribution is -0.139. The molecule has 2 atom stereocenters. The van der Waals surface area contributed by atoms with Crippen LogP contribution in [0.2, 0.25) is 0 Å². The molecule has 0 aliphatic rings. The van der Waals surface area contributed by atoms with Crippen molar-refractivity contribution < 1.29 is 18.0 Å². The molecule has 3 aromatic rings. The van der Waals surface area contributed by atoms with Gasteiger partial charge in [-0.15, -0.1) is 0 Å². The van der Waals surface area contributed by atoms with Crippen LogP contribution in [0.25, 0.3) is 0 Å². The summed E-state index contributed by atoms with van der Waals surface area (Å²) in [5, 5.41) is 2.95. The maximum atomic E-state index is 14.0. The third-order valence-corrected chi connectivity index (χ3v) is 8.69. The van der Waals surface area contributed by atoms with Crippen LogP contribution in [0.4, 0.5) is 5.69 Å². The zero-order valence-electron chi connectivity index (χ0n) is 23.6. The summed E-state index contributed by atoms with van der Waals surface area (Å²) in [5.74, 6) is -0.755. The number of hydrogen-bond acceptors (Lipinski definition) is 4. The third kappa shape index (κ3) is 7.47. The van der Waals surface area contributed by atoms with E-state index in [9.17, 15) is 18.0 Å². The van der Waals surface area contributed by atoms with Crippen LogP contribution in [0.5, 0.6) is 0 Å². The van der Waals surface area contributed by atoms with Gasteiger partial charge in [0.25, 0.3) is 10.0 Å². The molecule has 0 saturated carbocycles. The molecule has 7 nitrogen and oxygen atoms in total. The van der Waals surface area contributed by atoms with Crippen LogP contribution in [0.3, 0.4) is 0 Å². The highest BCUT2D eigenvalue weighted by Crippen LogP contribution is 2.27. The molecule has 0 aliphatic carbocycles. The van der Waals surface area contributed by atoms with Crippen molar-refractivity contribution in [1.82, 2.24) is 10.2 Å². The number of carbonyl (C=O) groups is 2. The first-order valence-electron chi connectivity index (χ1n) is 13.2. The van der Waals surface area contributed by atoms with Crippen molar-refractivity contribution in [3.05, 3.63) is 95.1 Å². The molecule has 0 radical (unpaired) electrons. The van der Waals surface area contributed by atoms with Crippen LogP contribution < -0.4 is 9.62 Å². The molecule has 0 aromatic heterocycles. The lowest BCUT2D eigenvalue weighted by Gasteiger charge is -2.33. The van der Waals surface area contributed by atoms with Gasteiger partial charge in [0.15, 0.2) is 0 Å². The van der Waals surface area contributed by atoms with Crippen LogP contribution in [-0.2, 0) is 26.2 Å². The Morgan fingerprint density at radius 3 is 1.97 bits per heavy atom. The zero-order valence-corrected chi connectivity index (χ0v) is 24.5. The summed E-state index contributed by atoms with van der Waals surface area (Å²) in [5.41, 5.74) is 3.99. The number of sulfonamides is 1. The lowest BCUT2D eigenvalue weighted by Crippen LogP contribution is -2.52. The van der Waals surface area contributed by atoms with Gasteiger partial charge >= 0.3 is 0 Å². The summed E-state index contributed by atoms with van der Waals surface area (Å²) in [6, 6.07) is 20.5. The van der Waals surface area contributed by atoms with E-state index < -0.39 is 28.5 Å². The van der Waals surface area contributed by atoms with E-state index in [-0.39, 0.29) is 23.4 Å². The Bertz CT molecular complexity index is 1390. The van der Waals surface area contributed by atoms with E-state index in [1.165, 1.54) is 4.90 Å². The smallest absolute Gasteiger partial charge is 0.264 e. The van der Waals surface area contributed by atoms with Crippen LogP contribution in [0.1, 0.15) is 49.4 Å². The highest BCUT2D eigenvalue weighted by Gasteiger charge is 2.33. The highest BCUT2D eigenvalue weighted by molar-refractivity contribution is 7.92.